The monoisotopic (exact) mass is 191 g/mol. The summed E-state index contributed by atoms with van der Waals surface area (Å²) in [5.74, 6) is 0. The van der Waals surface area contributed by atoms with Crippen LogP contribution in [0.3, 0.4) is 0 Å². The van der Waals surface area contributed by atoms with Crippen LogP contribution in [0, 0.1) is 0 Å². The minimum absolute atomic E-state index is 0.690. The van der Waals surface area contributed by atoms with Crippen molar-refractivity contribution >= 4 is 5.69 Å². The Balaban J connectivity index is 2.03. The first-order valence-corrected chi connectivity index (χ1v) is 5.09. The van der Waals surface area contributed by atoms with E-state index in [1.165, 1.54) is 12.1 Å². The number of hydrogen-bond acceptors (Lipinski definition) is 3. The molecule has 1 aliphatic rings. The first-order chi connectivity index (χ1) is 6.77. The lowest BCUT2D eigenvalue weighted by Crippen LogP contribution is -2.31. The molecule has 3 nitrogen and oxygen atoms in total. The van der Waals surface area contributed by atoms with Gasteiger partial charge in [0.15, 0.2) is 0 Å². The van der Waals surface area contributed by atoms with Gasteiger partial charge >= 0.3 is 0 Å². The molecule has 14 heavy (non-hydrogen) atoms. The molecule has 0 unspecified atom stereocenters. The summed E-state index contributed by atoms with van der Waals surface area (Å²) in [5, 5.41) is 0. The van der Waals surface area contributed by atoms with E-state index in [9.17, 15) is 0 Å². The van der Waals surface area contributed by atoms with Crippen LogP contribution in [0.15, 0.2) is 24.5 Å². The van der Waals surface area contributed by atoms with Gasteiger partial charge in [-0.25, -0.2) is 0 Å². The van der Waals surface area contributed by atoms with Crippen molar-refractivity contribution in [3.63, 3.8) is 0 Å². The van der Waals surface area contributed by atoms with Crippen LogP contribution >= 0.6 is 0 Å². The zero-order chi connectivity index (χ0) is 9.97. The SMILES string of the molecule is CN(C)[C@@H]1CCN(c2cccnc2)C1. The Hall–Kier alpha value is -1.09. The number of aromatic nitrogens is 1. The molecule has 2 rings (SSSR count). The van der Waals surface area contributed by atoms with E-state index in [1.807, 2.05) is 18.5 Å². The number of pyridine rings is 1. The van der Waals surface area contributed by atoms with Gasteiger partial charge in [-0.05, 0) is 32.6 Å². The van der Waals surface area contributed by atoms with Crippen molar-refractivity contribution in [3.8, 4) is 0 Å². The minimum Gasteiger partial charge on any atom is -0.369 e. The summed E-state index contributed by atoms with van der Waals surface area (Å²) < 4.78 is 0. The summed E-state index contributed by atoms with van der Waals surface area (Å²) in [5.41, 5.74) is 1.25. The van der Waals surface area contributed by atoms with E-state index < -0.39 is 0 Å². The van der Waals surface area contributed by atoms with Crippen LogP contribution in [0.1, 0.15) is 6.42 Å². The summed E-state index contributed by atoms with van der Waals surface area (Å²) in [7, 11) is 4.30. The quantitative estimate of drug-likeness (QED) is 0.700. The van der Waals surface area contributed by atoms with E-state index in [1.54, 1.807) is 0 Å². The van der Waals surface area contributed by atoms with Gasteiger partial charge in [0.1, 0.15) is 0 Å². The molecule has 3 heteroatoms. The molecule has 0 aromatic carbocycles. The van der Waals surface area contributed by atoms with Crippen LogP contribution in [0.5, 0.6) is 0 Å². The van der Waals surface area contributed by atoms with E-state index in [4.69, 9.17) is 0 Å². The van der Waals surface area contributed by atoms with Gasteiger partial charge in [0.25, 0.3) is 0 Å². The Morgan fingerprint density at radius 3 is 2.93 bits per heavy atom. The number of hydrogen-bond donors (Lipinski definition) is 0. The van der Waals surface area contributed by atoms with Crippen molar-refractivity contribution in [3.05, 3.63) is 24.5 Å². The Kier molecular flexibility index (Phi) is 2.68. The fraction of sp³-hybridized carbons (Fsp3) is 0.545. The zero-order valence-electron chi connectivity index (χ0n) is 8.85. The van der Waals surface area contributed by atoms with Crippen molar-refractivity contribution in [2.45, 2.75) is 12.5 Å². The molecule has 1 aliphatic heterocycles. The first kappa shape index (κ1) is 9.46. The average Bonchev–Trinajstić information content (AvgIpc) is 2.68. The predicted octanol–water partition coefficient (Wildman–Crippen LogP) is 1.22. The van der Waals surface area contributed by atoms with E-state index >= 15 is 0 Å². The van der Waals surface area contributed by atoms with Crippen molar-refractivity contribution in [2.24, 2.45) is 0 Å². The number of likely N-dealkylation sites (N-methyl/N-ethyl adjacent to an activating group) is 1. The maximum Gasteiger partial charge on any atom is 0.0553 e. The van der Waals surface area contributed by atoms with Gasteiger partial charge in [-0.2, -0.15) is 0 Å². The Bertz CT molecular complexity index is 284. The van der Waals surface area contributed by atoms with Crippen LogP contribution in [0.4, 0.5) is 5.69 Å². The van der Waals surface area contributed by atoms with Gasteiger partial charge in [-0.3, -0.25) is 4.98 Å². The van der Waals surface area contributed by atoms with Crippen LogP contribution in [-0.4, -0.2) is 43.1 Å². The van der Waals surface area contributed by atoms with Gasteiger partial charge in [0, 0.05) is 25.3 Å². The van der Waals surface area contributed by atoms with Crippen LogP contribution in [0.25, 0.3) is 0 Å². The van der Waals surface area contributed by atoms with Crippen molar-refractivity contribution in [2.75, 3.05) is 32.1 Å². The summed E-state index contributed by atoms with van der Waals surface area (Å²) >= 11 is 0. The molecule has 1 saturated heterocycles. The molecule has 0 aliphatic carbocycles. The third-order valence-electron chi connectivity index (χ3n) is 2.90. The zero-order valence-corrected chi connectivity index (χ0v) is 8.85. The van der Waals surface area contributed by atoms with Gasteiger partial charge in [-0.1, -0.05) is 0 Å². The third kappa shape index (κ3) is 1.87. The minimum atomic E-state index is 0.690. The molecule has 0 radical (unpaired) electrons. The topological polar surface area (TPSA) is 19.4 Å². The molecule has 76 valence electrons. The van der Waals surface area contributed by atoms with Crippen LogP contribution in [0.2, 0.25) is 0 Å². The van der Waals surface area contributed by atoms with Crippen LogP contribution in [-0.2, 0) is 0 Å². The Morgan fingerprint density at radius 1 is 1.50 bits per heavy atom. The average molecular weight is 191 g/mol. The van der Waals surface area contributed by atoms with Crippen molar-refractivity contribution < 1.29 is 0 Å². The lowest BCUT2D eigenvalue weighted by Gasteiger charge is -2.21. The molecule has 0 N–H and O–H groups in total. The molecule has 2 heterocycles. The maximum atomic E-state index is 4.14. The highest BCUT2D eigenvalue weighted by Gasteiger charge is 2.23. The molecular weight excluding hydrogens is 174 g/mol. The summed E-state index contributed by atoms with van der Waals surface area (Å²) in [4.78, 5) is 8.85. The van der Waals surface area contributed by atoms with Gasteiger partial charge in [0.05, 0.1) is 11.9 Å². The van der Waals surface area contributed by atoms with E-state index in [2.05, 4.69) is 34.9 Å². The molecule has 0 bridgehead atoms. The highest BCUT2D eigenvalue weighted by molar-refractivity contribution is 5.44. The first-order valence-electron chi connectivity index (χ1n) is 5.09. The highest BCUT2D eigenvalue weighted by atomic mass is 15.2. The number of anilines is 1. The van der Waals surface area contributed by atoms with Crippen molar-refractivity contribution in [1.82, 2.24) is 9.88 Å². The molecule has 1 aromatic heterocycles. The molecule has 0 spiro atoms. The molecule has 0 amide bonds. The smallest absolute Gasteiger partial charge is 0.0553 e. The normalized spacial score (nSPS) is 21.9. The third-order valence-corrected chi connectivity index (χ3v) is 2.90. The molecular formula is C11H17N3. The van der Waals surface area contributed by atoms with E-state index in [0.717, 1.165) is 13.1 Å². The summed E-state index contributed by atoms with van der Waals surface area (Å²) in [6.07, 6.45) is 5.02. The molecule has 1 aromatic rings. The lowest BCUT2D eigenvalue weighted by molar-refractivity contribution is 0.315. The predicted molar refractivity (Wildman–Crippen MR) is 58.5 cm³/mol. The number of nitrogens with zero attached hydrogens (tertiary/aromatic N) is 3. The second-order valence-corrected chi connectivity index (χ2v) is 4.06. The van der Waals surface area contributed by atoms with Gasteiger partial charge in [0.2, 0.25) is 0 Å². The van der Waals surface area contributed by atoms with E-state index in [-0.39, 0.29) is 0 Å². The molecule has 1 fully saturated rings. The fourth-order valence-corrected chi connectivity index (χ4v) is 1.94. The largest absolute Gasteiger partial charge is 0.369 e. The maximum absolute atomic E-state index is 4.14. The fourth-order valence-electron chi connectivity index (χ4n) is 1.94. The highest BCUT2D eigenvalue weighted by Crippen LogP contribution is 2.20. The summed E-state index contributed by atoms with van der Waals surface area (Å²) in [6, 6.07) is 4.82. The second kappa shape index (κ2) is 3.96. The number of rotatable bonds is 2. The Morgan fingerprint density at radius 2 is 2.36 bits per heavy atom. The molecule has 1 atom stereocenters. The summed E-state index contributed by atoms with van der Waals surface area (Å²) in [6.45, 7) is 2.27. The van der Waals surface area contributed by atoms with Gasteiger partial charge < -0.3 is 9.80 Å². The second-order valence-electron chi connectivity index (χ2n) is 4.06. The lowest BCUT2D eigenvalue weighted by atomic mass is 10.2. The standard InChI is InChI=1S/C11H17N3/c1-13(2)11-5-7-14(9-11)10-4-3-6-12-8-10/h3-4,6,8,11H,5,7,9H2,1-2H3/t11-/m1/s1. The van der Waals surface area contributed by atoms with Crippen molar-refractivity contribution in [1.29, 1.82) is 0 Å². The van der Waals surface area contributed by atoms with E-state index in [0.29, 0.717) is 6.04 Å². The molecule has 0 saturated carbocycles. The Labute approximate surface area is 85.4 Å². The van der Waals surface area contributed by atoms with Gasteiger partial charge in [-0.15, -0.1) is 0 Å². The van der Waals surface area contributed by atoms with Crippen LogP contribution < -0.4 is 4.90 Å².